The van der Waals surface area contributed by atoms with Crippen molar-refractivity contribution in [2.75, 3.05) is 18.5 Å². The Morgan fingerprint density at radius 2 is 1.97 bits per heavy atom. The van der Waals surface area contributed by atoms with Crippen molar-refractivity contribution in [2.45, 2.75) is 38.6 Å². The number of rotatable bonds is 10. The number of aliphatic hydroxyl groups excluding tert-OH is 3. The Morgan fingerprint density at radius 3 is 2.65 bits per heavy atom. The van der Waals surface area contributed by atoms with Crippen LogP contribution in [0.4, 0.5) is 5.95 Å². The normalized spacial score (nSPS) is 14.3. The van der Waals surface area contributed by atoms with Gasteiger partial charge in [0, 0.05) is 34.7 Å². The molecule has 166 valence electrons. The number of aromatic nitrogens is 3. The molecule has 0 saturated carbocycles. The van der Waals surface area contributed by atoms with E-state index in [-0.39, 0.29) is 19.3 Å². The fourth-order valence-electron chi connectivity index (χ4n) is 3.19. The van der Waals surface area contributed by atoms with Gasteiger partial charge in [-0.25, -0.2) is 4.98 Å². The summed E-state index contributed by atoms with van der Waals surface area (Å²) in [5.74, 6) is 1.09. The topological polar surface area (TPSA) is 115 Å². The second-order valence-corrected chi connectivity index (χ2v) is 7.78. The molecule has 2 unspecified atom stereocenters. The number of halogens is 1. The third kappa shape index (κ3) is 5.81. The van der Waals surface area contributed by atoms with Crippen molar-refractivity contribution < 1.29 is 15.3 Å². The van der Waals surface area contributed by atoms with Crippen LogP contribution in [0.25, 0.3) is 5.82 Å². The Hall–Kier alpha value is -2.49. The van der Waals surface area contributed by atoms with Gasteiger partial charge >= 0.3 is 0 Å². The minimum absolute atomic E-state index is 0.00670. The van der Waals surface area contributed by atoms with E-state index in [9.17, 15) is 15.3 Å². The molecule has 8 nitrogen and oxygen atoms in total. The number of hydrogen-bond acceptors (Lipinski definition) is 7. The quantitative estimate of drug-likeness (QED) is 0.305. The van der Waals surface area contributed by atoms with E-state index in [4.69, 9.17) is 11.6 Å². The van der Waals surface area contributed by atoms with Crippen LogP contribution in [0.5, 0.6) is 0 Å². The van der Waals surface area contributed by atoms with E-state index in [0.717, 1.165) is 17.5 Å². The largest absolute Gasteiger partial charge is 0.394 e. The molecular weight excluding hydrogens is 418 g/mol. The highest BCUT2D eigenvalue weighted by Gasteiger charge is 2.18. The first-order valence-electron chi connectivity index (χ1n) is 10.1. The van der Waals surface area contributed by atoms with Crippen LogP contribution in [0.2, 0.25) is 5.02 Å². The van der Waals surface area contributed by atoms with Crippen molar-refractivity contribution in [3.8, 4) is 5.82 Å². The van der Waals surface area contributed by atoms with Crippen molar-refractivity contribution in [1.29, 1.82) is 0 Å². The number of nitrogens with one attached hydrogen (secondary N) is 2. The molecule has 3 atom stereocenters. The summed E-state index contributed by atoms with van der Waals surface area (Å²) in [7, 11) is 0. The lowest BCUT2D eigenvalue weighted by molar-refractivity contribution is 0.104. The summed E-state index contributed by atoms with van der Waals surface area (Å²) in [5, 5.41) is 36.5. The van der Waals surface area contributed by atoms with Crippen LogP contribution >= 0.6 is 11.6 Å². The molecule has 0 bridgehead atoms. The van der Waals surface area contributed by atoms with Gasteiger partial charge in [-0.1, -0.05) is 30.7 Å². The SMILES string of the molecule is CC[C@@H](CO)Nc1ncc(C)c(-n2ccc(C(O)NC(CO)c3cccc(Cl)c3)c2)n1. The summed E-state index contributed by atoms with van der Waals surface area (Å²) in [6, 6.07) is 8.33. The minimum Gasteiger partial charge on any atom is -0.394 e. The minimum atomic E-state index is -1.00. The van der Waals surface area contributed by atoms with Crippen LogP contribution in [-0.2, 0) is 0 Å². The van der Waals surface area contributed by atoms with Crippen LogP contribution in [0.1, 0.15) is 42.3 Å². The lowest BCUT2D eigenvalue weighted by Gasteiger charge is -2.21. The van der Waals surface area contributed by atoms with Crippen molar-refractivity contribution in [1.82, 2.24) is 19.9 Å². The molecule has 0 amide bonds. The Labute approximate surface area is 186 Å². The maximum atomic E-state index is 10.7. The smallest absolute Gasteiger partial charge is 0.224 e. The van der Waals surface area contributed by atoms with Gasteiger partial charge in [-0.15, -0.1) is 0 Å². The van der Waals surface area contributed by atoms with Crippen molar-refractivity contribution in [2.24, 2.45) is 0 Å². The highest BCUT2D eigenvalue weighted by Crippen LogP contribution is 2.22. The molecule has 0 spiro atoms. The number of anilines is 1. The zero-order valence-electron chi connectivity index (χ0n) is 17.5. The zero-order chi connectivity index (χ0) is 22.4. The Kier molecular flexibility index (Phi) is 8.00. The zero-order valence-corrected chi connectivity index (χ0v) is 18.3. The number of nitrogens with zero attached hydrogens (tertiary/aromatic N) is 3. The average molecular weight is 446 g/mol. The number of aliphatic hydroxyl groups is 3. The van der Waals surface area contributed by atoms with Gasteiger partial charge in [0.25, 0.3) is 0 Å². The molecule has 0 fully saturated rings. The standard InChI is InChI=1S/C22H28ClN5O3/c1-3-18(12-29)25-22-24-10-14(2)20(27-22)28-8-7-16(11-28)21(31)26-19(13-30)15-5-4-6-17(23)9-15/h4-11,18-19,21,26,29-31H,3,12-13H2,1-2H3,(H,24,25,27)/t18-,19?,21?/m0/s1. The Morgan fingerprint density at radius 1 is 1.16 bits per heavy atom. The molecule has 0 radical (unpaired) electrons. The third-order valence-electron chi connectivity index (χ3n) is 5.06. The van der Waals surface area contributed by atoms with E-state index in [1.54, 1.807) is 47.4 Å². The van der Waals surface area contributed by atoms with Crippen LogP contribution < -0.4 is 10.6 Å². The van der Waals surface area contributed by atoms with Crippen LogP contribution in [-0.4, -0.2) is 49.1 Å². The van der Waals surface area contributed by atoms with Gasteiger partial charge in [-0.3, -0.25) is 5.32 Å². The van der Waals surface area contributed by atoms with Gasteiger partial charge in [0.1, 0.15) is 12.0 Å². The van der Waals surface area contributed by atoms with E-state index in [0.29, 0.717) is 22.4 Å². The van der Waals surface area contributed by atoms with Crippen molar-refractivity contribution >= 4 is 17.5 Å². The number of hydrogen-bond donors (Lipinski definition) is 5. The first kappa shape index (κ1) is 23.2. The maximum Gasteiger partial charge on any atom is 0.224 e. The lowest BCUT2D eigenvalue weighted by Crippen LogP contribution is -2.28. The van der Waals surface area contributed by atoms with Crippen molar-refractivity contribution in [3.05, 3.63) is 70.6 Å². The summed E-state index contributed by atoms with van der Waals surface area (Å²) in [5.41, 5.74) is 2.26. The summed E-state index contributed by atoms with van der Waals surface area (Å²) in [4.78, 5) is 8.84. The molecule has 2 aromatic heterocycles. The van der Waals surface area contributed by atoms with Crippen molar-refractivity contribution in [3.63, 3.8) is 0 Å². The molecule has 0 aliphatic rings. The fraction of sp³-hybridized carbons (Fsp3) is 0.364. The summed E-state index contributed by atoms with van der Waals surface area (Å²) >= 11 is 6.04. The highest BCUT2D eigenvalue weighted by atomic mass is 35.5. The monoisotopic (exact) mass is 445 g/mol. The molecule has 2 heterocycles. The summed E-state index contributed by atoms with van der Waals surface area (Å²) in [6.07, 6.45) is 5.02. The molecule has 0 saturated heterocycles. The second-order valence-electron chi connectivity index (χ2n) is 7.34. The number of benzene rings is 1. The van der Waals surface area contributed by atoms with Gasteiger partial charge in [0.15, 0.2) is 0 Å². The molecule has 0 aliphatic heterocycles. The average Bonchev–Trinajstić information content (AvgIpc) is 3.27. The predicted molar refractivity (Wildman–Crippen MR) is 120 cm³/mol. The van der Waals surface area contributed by atoms with E-state index in [2.05, 4.69) is 20.6 Å². The first-order chi connectivity index (χ1) is 14.9. The van der Waals surface area contributed by atoms with E-state index in [1.807, 2.05) is 19.9 Å². The first-order valence-corrected chi connectivity index (χ1v) is 10.5. The molecule has 3 rings (SSSR count). The van der Waals surface area contributed by atoms with Crippen LogP contribution in [0, 0.1) is 6.92 Å². The Bertz CT molecular complexity index is 993. The molecule has 9 heteroatoms. The van der Waals surface area contributed by atoms with Gasteiger partial charge in [0.2, 0.25) is 5.95 Å². The highest BCUT2D eigenvalue weighted by molar-refractivity contribution is 6.30. The predicted octanol–water partition coefficient (Wildman–Crippen LogP) is 2.73. The fourth-order valence-corrected chi connectivity index (χ4v) is 3.39. The molecule has 5 N–H and O–H groups in total. The lowest BCUT2D eigenvalue weighted by atomic mass is 10.1. The molecule has 0 aliphatic carbocycles. The second kappa shape index (κ2) is 10.7. The summed E-state index contributed by atoms with van der Waals surface area (Å²) in [6.45, 7) is 3.67. The van der Waals surface area contributed by atoms with E-state index >= 15 is 0 Å². The van der Waals surface area contributed by atoms with Gasteiger partial charge in [0.05, 0.1) is 25.3 Å². The summed E-state index contributed by atoms with van der Waals surface area (Å²) < 4.78 is 1.80. The maximum absolute atomic E-state index is 10.7. The van der Waals surface area contributed by atoms with Gasteiger partial charge in [-0.2, -0.15) is 4.98 Å². The Balaban J connectivity index is 1.77. The van der Waals surface area contributed by atoms with Crippen LogP contribution in [0.15, 0.2) is 48.9 Å². The van der Waals surface area contributed by atoms with E-state index in [1.165, 1.54) is 0 Å². The number of aryl methyl sites for hydroxylation is 1. The van der Waals surface area contributed by atoms with Gasteiger partial charge < -0.3 is 25.2 Å². The molecule has 31 heavy (non-hydrogen) atoms. The molecular formula is C22H28ClN5O3. The van der Waals surface area contributed by atoms with Gasteiger partial charge in [-0.05, 0) is 37.1 Å². The van der Waals surface area contributed by atoms with E-state index < -0.39 is 12.3 Å². The molecule has 3 aromatic rings. The van der Waals surface area contributed by atoms with Crippen LogP contribution in [0.3, 0.4) is 0 Å². The third-order valence-corrected chi connectivity index (χ3v) is 5.30. The molecule has 1 aromatic carbocycles.